The Morgan fingerprint density at radius 3 is 2.43 bits per heavy atom. The van der Waals surface area contributed by atoms with E-state index in [1.165, 1.54) is 7.11 Å². The smallest absolute Gasteiger partial charge is 0.136 e. The molecule has 0 aromatic heterocycles. The van der Waals surface area contributed by atoms with Crippen LogP contribution in [0.2, 0.25) is 0 Å². The second-order valence-corrected chi connectivity index (χ2v) is 1.17. The maximum Gasteiger partial charge on any atom is 0.136 e. The van der Waals surface area contributed by atoms with Crippen LogP contribution in [0.5, 0.6) is 0 Å². The Morgan fingerprint density at radius 2 is 2.43 bits per heavy atom. The van der Waals surface area contributed by atoms with Gasteiger partial charge in [0.05, 0.1) is 0 Å². The Morgan fingerprint density at radius 1 is 1.86 bits per heavy atom. The monoisotopic (exact) mass is 107 g/mol. The first-order valence-electron chi connectivity index (χ1n) is 2.11. The molecule has 0 saturated heterocycles. The van der Waals surface area contributed by atoms with Crippen LogP contribution in [0.25, 0.3) is 0 Å². The third-order valence-corrected chi connectivity index (χ3v) is 0.747. The van der Waals surface area contributed by atoms with Gasteiger partial charge in [-0.1, -0.05) is 0 Å². The number of halogens is 1. The van der Waals surface area contributed by atoms with Crippen molar-refractivity contribution in [1.29, 1.82) is 0 Å². The predicted molar refractivity (Wildman–Crippen MR) is 25.8 cm³/mol. The van der Waals surface area contributed by atoms with E-state index in [1.54, 1.807) is 7.05 Å². The standard InChI is InChI=1S/C4H10FNO/c1-6-4(3-5)7-2/h4,6H,3H2,1-2H3. The SMILES string of the molecule is CNC(CF)OC. The van der Waals surface area contributed by atoms with E-state index < -0.39 is 12.9 Å². The van der Waals surface area contributed by atoms with Crippen LogP contribution in [0.4, 0.5) is 4.39 Å². The molecule has 0 fully saturated rings. The average molecular weight is 107 g/mol. The molecule has 0 aromatic rings. The maximum absolute atomic E-state index is 11.5. The summed E-state index contributed by atoms with van der Waals surface area (Å²) < 4.78 is 16.0. The van der Waals surface area contributed by atoms with Crippen molar-refractivity contribution in [2.75, 3.05) is 20.8 Å². The zero-order chi connectivity index (χ0) is 5.70. The molecule has 1 N–H and O–H groups in total. The second-order valence-electron chi connectivity index (χ2n) is 1.17. The third kappa shape index (κ3) is 2.53. The molecule has 0 saturated carbocycles. The molecule has 1 unspecified atom stereocenters. The average Bonchev–Trinajstić information content (AvgIpc) is 1.72. The highest BCUT2D eigenvalue weighted by atomic mass is 19.1. The molecule has 7 heavy (non-hydrogen) atoms. The van der Waals surface area contributed by atoms with Gasteiger partial charge in [0.2, 0.25) is 0 Å². The molecular weight excluding hydrogens is 97.0 g/mol. The topological polar surface area (TPSA) is 21.3 Å². The van der Waals surface area contributed by atoms with Crippen LogP contribution in [-0.4, -0.2) is 27.1 Å². The van der Waals surface area contributed by atoms with Gasteiger partial charge in [0.1, 0.15) is 12.9 Å². The molecule has 0 bridgehead atoms. The normalized spacial score (nSPS) is 14.1. The fourth-order valence-corrected chi connectivity index (χ4v) is 0.258. The zero-order valence-electron chi connectivity index (χ0n) is 4.57. The van der Waals surface area contributed by atoms with E-state index in [0.717, 1.165) is 0 Å². The molecule has 0 aliphatic heterocycles. The molecule has 2 nitrogen and oxygen atoms in total. The molecule has 0 aromatic carbocycles. The second kappa shape index (κ2) is 4.02. The maximum atomic E-state index is 11.5. The van der Waals surface area contributed by atoms with Crippen molar-refractivity contribution in [2.24, 2.45) is 0 Å². The first-order valence-corrected chi connectivity index (χ1v) is 2.11. The molecular formula is C4H10FNO. The molecule has 0 radical (unpaired) electrons. The lowest BCUT2D eigenvalue weighted by atomic mass is 10.6. The van der Waals surface area contributed by atoms with Crippen molar-refractivity contribution in [2.45, 2.75) is 6.23 Å². The molecule has 44 valence electrons. The Bertz CT molecular complexity index is 33.2. The molecule has 3 heteroatoms. The Labute approximate surface area is 42.7 Å². The van der Waals surface area contributed by atoms with E-state index >= 15 is 0 Å². The first-order chi connectivity index (χ1) is 3.35. The summed E-state index contributed by atoms with van der Waals surface area (Å²) in [6.45, 7) is -0.479. The summed E-state index contributed by atoms with van der Waals surface area (Å²) in [4.78, 5) is 0. The summed E-state index contributed by atoms with van der Waals surface area (Å²) in [5.41, 5.74) is 0. The highest BCUT2D eigenvalue weighted by Crippen LogP contribution is 1.80. The summed E-state index contributed by atoms with van der Waals surface area (Å²) in [6, 6.07) is 0. The molecule has 0 spiro atoms. The van der Waals surface area contributed by atoms with Gasteiger partial charge < -0.3 is 4.74 Å². The predicted octanol–water partition coefficient (Wildman–Crippen LogP) is 0.148. The largest absolute Gasteiger partial charge is 0.364 e. The minimum atomic E-state index is -0.479. The van der Waals surface area contributed by atoms with Crippen LogP contribution < -0.4 is 5.32 Å². The molecule has 0 aliphatic rings. The van der Waals surface area contributed by atoms with Gasteiger partial charge >= 0.3 is 0 Å². The summed E-state index contributed by atoms with van der Waals surface area (Å²) >= 11 is 0. The van der Waals surface area contributed by atoms with Crippen LogP contribution in [-0.2, 0) is 4.74 Å². The number of hydrogen-bond donors (Lipinski definition) is 1. The third-order valence-electron chi connectivity index (χ3n) is 0.747. The van der Waals surface area contributed by atoms with Gasteiger partial charge in [-0.2, -0.15) is 0 Å². The van der Waals surface area contributed by atoms with Crippen molar-refractivity contribution >= 4 is 0 Å². The fraction of sp³-hybridized carbons (Fsp3) is 1.00. The van der Waals surface area contributed by atoms with Gasteiger partial charge in [0.15, 0.2) is 0 Å². The van der Waals surface area contributed by atoms with Crippen LogP contribution >= 0.6 is 0 Å². The van der Waals surface area contributed by atoms with Gasteiger partial charge in [-0.05, 0) is 7.05 Å². The van der Waals surface area contributed by atoms with E-state index in [2.05, 4.69) is 10.1 Å². The van der Waals surface area contributed by atoms with E-state index in [9.17, 15) is 4.39 Å². The quantitative estimate of drug-likeness (QED) is 0.518. The van der Waals surface area contributed by atoms with E-state index in [-0.39, 0.29) is 0 Å². The summed E-state index contributed by atoms with van der Waals surface area (Å²) in [7, 11) is 3.11. The molecule has 0 rings (SSSR count). The first kappa shape index (κ1) is 6.85. The Hall–Kier alpha value is -0.150. The van der Waals surface area contributed by atoms with E-state index in [0.29, 0.717) is 0 Å². The minimum Gasteiger partial charge on any atom is -0.364 e. The van der Waals surface area contributed by atoms with E-state index in [4.69, 9.17) is 0 Å². The van der Waals surface area contributed by atoms with Crippen molar-refractivity contribution in [3.63, 3.8) is 0 Å². The number of hydrogen-bond acceptors (Lipinski definition) is 2. The molecule has 0 amide bonds. The number of alkyl halides is 1. The van der Waals surface area contributed by atoms with Gasteiger partial charge in [0.25, 0.3) is 0 Å². The zero-order valence-corrected chi connectivity index (χ0v) is 4.57. The van der Waals surface area contributed by atoms with E-state index in [1.807, 2.05) is 0 Å². The molecule has 1 atom stereocenters. The number of methoxy groups -OCH3 is 1. The van der Waals surface area contributed by atoms with Gasteiger partial charge in [-0.3, -0.25) is 5.32 Å². The number of rotatable bonds is 3. The van der Waals surface area contributed by atoms with Crippen LogP contribution in [0.15, 0.2) is 0 Å². The van der Waals surface area contributed by atoms with Crippen LogP contribution in [0.3, 0.4) is 0 Å². The number of ether oxygens (including phenoxy) is 1. The Kier molecular flexibility index (Phi) is 3.93. The highest BCUT2D eigenvalue weighted by Gasteiger charge is 1.97. The molecule has 0 heterocycles. The highest BCUT2D eigenvalue weighted by molar-refractivity contribution is 4.43. The summed E-state index contributed by atoms with van der Waals surface area (Å²) in [6.07, 6.45) is -0.431. The minimum absolute atomic E-state index is 0.431. The van der Waals surface area contributed by atoms with Gasteiger partial charge in [-0.25, -0.2) is 4.39 Å². The van der Waals surface area contributed by atoms with Crippen molar-refractivity contribution in [1.82, 2.24) is 5.32 Å². The molecule has 0 aliphatic carbocycles. The number of nitrogens with one attached hydrogen (secondary N) is 1. The lowest BCUT2D eigenvalue weighted by Crippen LogP contribution is -2.28. The summed E-state index contributed by atoms with van der Waals surface area (Å²) in [5, 5.41) is 2.60. The van der Waals surface area contributed by atoms with Crippen LogP contribution in [0.1, 0.15) is 0 Å². The Balaban J connectivity index is 2.99. The lowest BCUT2D eigenvalue weighted by Gasteiger charge is -2.06. The van der Waals surface area contributed by atoms with Crippen molar-refractivity contribution in [3.05, 3.63) is 0 Å². The fourth-order valence-electron chi connectivity index (χ4n) is 0.258. The van der Waals surface area contributed by atoms with Crippen molar-refractivity contribution < 1.29 is 9.13 Å². The van der Waals surface area contributed by atoms with Gasteiger partial charge in [0, 0.05) is 7.11 Å². The summed E-state index contributed by atoms with van der Waals surface area (Å²) in [5.74, 6) is 0. The lowest BCUT2D eigenvalue weighted by molar-refractivity contribution is 0.0590. The van der Waals surface area contributed by atoms with Crippen LogP contribution in [0, 0.1) is 0 Å². The van der Waals surface area contributed by atoms with Gasteiger partial charge in [-0.15, -0.1) is 0 Å². The van der Waals surface area contributed by atoms with Crippen molar-refractivity contribution in [3.8, 4) is 0 Å².